The summed E-state index contributed by atoms with van der Waals surface area (Å²) >= 11 is 0. The summed E-state index contributed by atoms with van der Waals surface area (Å²) in [5, 5.41) is 3.01. The standard InChI is InChI=1S/C10H16N4O/c1-2-7(11)6-14-10-8(9(12)15)4-3-5-13-10/h3-5,7H,2,6,11H2,1H3,(H2,12,15)(H,13,14). The predicted molar refractivity (Wildman–Crippen MR) is 59.5 cm³/mol. The fraction of sp³-hybridized carbons (Fsp3) is 0.400. The number of pyridine rings is 1. The van der Waals surface area contributed by atoms with Gasteiger partial charge in [0, 0.05) is 18.8 Å². The number of aromatic nitrogens is 1. The third kappa shape index (κ3) is 3.21. The van der Waals surface area contributed by atoms with Crippen LogP contribution in [-0.2, 0) is 0 Å². The molecule has 1 heterocycles. The molecule has 0 radical (unpaired) electrons. The zero-order valence-electron chi connectivity index (χ0n) is 8.73. The first-order chi connectivity index (χ1) is 7.15. The summed E-state index contributed by atoms with van der Waals surface area (Å²) in [5.41, 5.74) is 11.3. The van der Waals surface area contributed by atoms with E-state index in [-0.39, 0.29) is 6.04 Å². The number of carbonyl (C=O) groups excluding carboxylic acids is 1. The van der Waals surface area contributed by atoms with Crippen molar-refractivity contribution in [3.8, 4) is 0 Å². The van der Waals surface area contributed by atoms with Crippen molar-refractivity contribution in [1.29, 1.82) is 0 Å². The van der Waals surface area contributed by atoms with Crippen LogP contribution in [0.25, 0.3) is 0 Å². The summed E-state index contributed by atoms with van der Waals surface area (Å²) < 4.78 is 0. The summed E-state index contributed by atoms with van der Waals surface area (Å²) in [6, 6.07) is 3.35. The second-order valence-corrected chi connectivity index (χ2v) is 3.31. The van der Waals surface area contributed by atoms with Crippen LogP contribution in [0.1, 0.15) is 23.7 Å². The maximum atomic E-state index is 11.0. The summed E-state index contributed by atoms with van der Waals surface area (Å²) in [4.78, 5) is 15.1. The Balaban J connectivity index is 2.72. The molecule has 15 heavy (non-hydrogen) atoms. The molecule has 5 N–H and O–H groups in total. The third-order valence-electron chi connectivity index (χ3n) is 2.13. The highest BCUT2D eigenvalue weighted by Crippen LogP contribution is 2.10. The molecule has 0 aliphatic rings. The van der Waals surface area contributed by atoms with Crippen LogP contribution in [0.2, 0.25) is 0 Å². The molecule has 0 saturated carbocycles. The van der Waals surface area contributed by atoms with Gasteiger partial charge in [-0.3, -0.25) is 4.79 Å². The van der Waals surface area contributed by atoms with Crippen molar-refractivity contribution in [2.24, 2.45) is 11.5 Å². The lowest BCUT2D eigenvalue weighted by Crippen LogP contribution is -2.29. The smallest absolute Gasteiger partial charge is 0.252 e. The number of anilines is 1. The van der Waals surface area contributed by atoms with Gasteiger partial charge in [-0.25, -0.2) is 4.98 Å². The van der Waals surface area contributed by atoms with Crippen LogP contribution in [0.3, 0.4) is 0 Å². The van der Waals surface area contributed by atoms with E-state index in [0.29, 0.717) is 17.9 Å². The Kier molecular flexibility index (Phi) is 4.05. The molecular weight excluding hydrogens is 192 g/mol. The second kappa shape index (κ2) is 5.31. The molecule has 82 valence electrons. The van der Waals surface area contributed by atoms with Gasteiger partial charge in [-0.2, -0.15) is 0 Å². The van der Waals surface area contributed by atoms with E-state index in [0.717, 1.165) is 6.42 Å². The van der Waals surface area contributed by atoms with Gasteiger partial charge in [-0.05, 0) is 18.6 Å². The molecule has 1 aromatic rings. The van der Waals surface area contributed by atoms with Gasteiger partial charge in [-0.15, -0.1) is 0 Å². The lowest BCUT2D eigenvalue weighted by atomic mass is 10.2. The zero-order chi connectivity index (χ0) is 11.3. The fourth-order valence-corrected chi connectivity index (χ4v) is 1.12. The van der Waals surface area contributed by atoms with E-state index in [1.165, 1.54) is 0 Å². The molecule has 0 aromatic carbocycles. The highest BCUT2D eigenvalue weighted by Gasteiger charge is 2.08. The Bertz CT molecular complexity index is 340. The SMILES string of the molecule is CCC(N)CNc1ncccc1C(N)=O. The Morgan fingerprint density at radius 1 is 1.67 bits per heavy atom. The van der Waals surface area contributed by atoms with Crippen molar-refractivity contribution in [1.82, 2.24) is 4.98 Å². The quantitative estimate of drug-likeness (QED) is 0.650. The molecule has 0 aliphatic carbocycles. The highest BCUT2D eigenvalue weighted by molar-refractivity contribution is 5.97. The number of nitrogens with one attached hydrogen (secondary N) is 1. The van der Waals surface area contributed by atoms with Crippen LogP contribution in [0.4, 0.5) is 5.82 Å². The number of primary amides is 1. The highest BCUT2D eigenvalue weighted by atomic mass is 16.1. The minimum Gasteiger partial charge on any atom is -0.368 e. The monoisotopic (exact) mass is 208 g/mol. The Labute approximate surface area is 88.9 Å². The Morgan fingerprint density at radius 2 is 2.40 bits per heavy atom. The van der Waals surface area contributed by atoms with E-state index < -0.39 is 5.91 Å². The average molecular weight is 208 g/mol. The van der Waals surface area contributed by atoms with Crippen molar-refractivity contribution in [3.05, 3.63) is 23.9 Å². The van der Waals surface area contributed by atoms with Gasteiger partial charge in [0.05, 0.1) is 5.56 Å². The first-order valence-electron chi connectivity index (χ1n) is 4.89. The molecule has 1 rings (SSSR count). The van der Waals surface area contributed by atoms with Crippen LogP contribution in [0.15, 0.2) is 18.3 Å². The minimum atomic E-state index is -0.490. The number of carbonyl (C=O) groups is 1. The van der Waals surface area contributed by atoms with Gasteiger partial charge >= 0.3 is 0 Å². The van der Waals surface area contributed by atoms with Crippen LogP contribution < -0.4 is 16.8 Å². The van der Waals surface area contributed by atoms with Crippen LogP contribution >= 0.6 is 0 Å². The maximum absolute atomic E-state index is 11.0. The second-order valence-electron chi connectivity index (χ2n) is 3.31. The fourth-order valence-electron chi connectivity index (χ4n) is 1.12. The van der Waals surface area contributed by atoms with Gasteiger partial charge in [0.2, 0.25) is 0 Å². The van der Waals surface area contributed by atoms with Gasteiger partial charge in [0.1, 0.15) is 5.82 Å². The van der Waals surface area contributed by atoms with Gasteiger partial charge in [-0.1, -0.05) is 6.92 Å². The van der Waals surface area contributed by atoms with Gasteiger partial charge < -0.3 is 16.8 Å². The molecule has 0 spiro atoms. The number of rotatable bonds is 5. The summed E-state index contributed by atoms with van der Waals surface area (Å²) in [6.45, 7) is 2.58. The molecule has 0 fully saturated rings. The van der Waals surface area contributed by atoms with E-state index in [1.54, 1.807) is 18.3 Å². The maximum Gasteiger partial charge on any atom is 0.252 e. The normalized spacial score (nSPS) is 12.1. The molecule has 0 saturated heterocycles. The van der Waals surface area contributed by atoms with E-state index in [4.69, 9.17) is 11.5 Å². The molecule has 1 aromatic heterocycles. The van der Waals surface area contributed by atoms with Crippen molar-refractivity contribution >= 4 is 11.7 Å². The van der Waals surface area contributed by atoms with Crippen LogP contribution in [0, 0.1) is 0 Å². The molecule has 0 aliphatic heterocycles. The topological polar surface area (TPSA) is 94.0 Å². The number of hydrogen-bond acceptors (Lipinski definition) is 4. The van der Waals surface area contributed by atoms with E-state index >= 15 is 0 Å². The first-order valence-corrected chi connectivity index (χ1v) is 4.89. The van der Waals surface area contributed by atoms with Crippen molar-refractivity contribution < 1.29 is 4.79 Å². The largest absolute Gasteiger partial charge is 0.368 e. The summed E-state index contributed by atoms with van der Waals surface area (Å²) in [7, 11) is 0. The number of hydrogen-bond donors (Lipinski definition) is 3. The van der Waals surface area contributed by atoms with Gasteiger partial charge in [0.15, 0.2) is 0 Å². The van der Waals surface area contributed by atoms with Gasteiger partial charge in [0.25, 0.3) is 5.91 Å². The molecule has 1 atom stereocenters. The lowest BCUT2D eigenvalue weighted by Gasteiger charge is -2.12. The minimum absolute atomic E-state index is 0.0488. The number of nitrogens with two attached hydrogens (primary N) is 2. The summed E-state index contributed by atoms with van der Waals surface area (Å²) in [6.07, 6.45) is 2.47. The van der Waals surface area contributed by atoms with E-state index in [1.807, 2.05) is 6.92 Å². The Morgan fingerprint density at radius 3 is 3.00 bits per heavy atom. The third-order valence-corrected chi connectivity index (χ3v) is 2.13. The van der Waals surface area contributed by atoms with Crippen molar-refractivity contribution in [2.75, 3.05) is 11.9 Å². The Hall–Kier alpha value is -1.62. The zero-order valence-corrected chi connectivity index (χ0v) is 8.73. The molecule has 5 heteroatoms. The number of amides is 1. The van der Waals surface area contributed by atoms with Crippen molar-refractivity contribution in [2.45, 2.75) is 19.4 Å². The molecule has 5 nitrogen and oxygen atoms in total. The van der Waals surface area contributed by atoms with E-state index in [2.05, 4.69) is 10.3 Å². The predicted octanol–water partition coefficient (Wildman–Crippen LogP) is 0.330. The number of nitrogens with zero attached hydrogens (tertiary/aromatic N) is 1. The van der Waals surface area contributed by atoms with Crippen molar-refractivity contribution in [3.63, 3.8) is 0 Å². The molecule has 0 bridgehead atoms. The van der Waals surface area contributed by atoms with Crippen LogP contribution in [0.5, 0.6) is 0 Å². The van der Waals surface area contributed by atoms with Crippen LogP contribution in [-0.4, -0.2) is 23.5 Å². The molecule has 1 amide bonds. The summed E-state index contributed by atoms with van der Waals surface area (Å²) in [5.74, 6) is 0.00423. The lowest BCUT2D eigenvalue weighted by molar-refractivity contribution is 0.100. The average Bonchev–Trinajstić information content (AvgIpc) is 2.26. The first kappa shape index (κ1) is 11.5. The van der Waals surface area contributed by atoms with E-state index in [9.17, 15) is 4.79 Å². The molecule has 1 unspecified atom stereocenters. The molecular formula is C10H16N4O.